The molecule has 1 aliphatic carbocycles. The summed E-state index contributed by atoms with van der Waals surface area (Å²) in [4.78, 5) is 39.0. The summed E-state index contributed by atoms with van der Waals surface area (Å²) in [5.41, 5.74) is 8.67. The van der Waals surface area contributed by atoms with Crippen molar-refractivity contribution in [3.63, 3.8) is 0 Å². The fourth-order valence-electron chi connectivity index (χ4n) is 5.11. The van der Waals surface area contributed by atoms with E-state index in [-0.39, 0.29) is 29.3 Å². The number of primary amides is 1. The van der Waals surface area contributed by atoms with Gasteiger partial charge in [0, 0.05) is 43.5 Å². The van der Waals surface area contributed by atoms with Crippen LogP contribution in [0.25, 0.3) is 16.6 Å². The number of aromatic nitrogens is 2. The van der Waals surface area contributed by atoms with Gasteiger partial charge in [0.1, 0.15) is 5.41 Å². The van der Waals surface area contributed by atoms with Crippen molar-refractivity contribution in [2.24, 2.45) is 17.1 Å². The smallest absolute Gasteiger partial charge is 0.252 e. The van der Waals surface area contributed by atoms with Crippen LogP contribution in [0, 0.1) is 22.7 Å². The number of nitrogens with one attached hydrogen (secondary N) is 2. The molecule has 190 valence electrons. The Hall–Kier alpha value is -4.39. The average Bonchev–Trinajstić information content (AvgIpc) is 3.42. The highest BCUT2D eigenvalue weighted by Gasteiger charge is 2.54. The van der Waals surface area contributed by atoms with E-state index in [0.29, 0.717) is 42.7 Å². The van der Waals surface area contributed by atoms with Crippen molar-refractivity contribution in [2.45, 2.75) is 32.2 Å². The number of amides is 3. The van der Waals surface area contributed by atoms with E-state index in [1.165, 1.54) is 6.20 Å². The van der Waals surface area contributed by atoms with Gasteiger partial charge in [-0.1, -0.05) is 19.1 Å². The van der Waals surface area contributed by atoms with Crippen LogP contribution in [0.15, 0.2) is 42.7 Å². The number of rotatable bonds is 7. The molecule has 3 amide bonds. The van der Waals surface area contributed by atoms with Crippen LogP contribution in [0.5, 0.6) is 0 Å². The summed E-state index contributed by atoms with van der Waals surface area (Å²) in [7, 11) is 1.59. The molecular weight excluding hydrogens is 470 g/mol. The van der Waals surface area contributed by atoms with Crippen LogP contribution in [0.2, 0.25) is 0 Å². The van der Waals surface area contributed by atoms with Gasteiger partial charge in [-0.2, -0.15) is 10.4 Å². The second-order valence-electron chi connectivity index (χ2n) is 9.84. The fourth-order valence-corrected chi connectivity index (χ4v) is 5.11. The summed E-state index contributed by atoms with van der Waals surface area (Å²) < 4.78 is 1.68. The second kappa shape index (κ2) is 9.24. The summed E-state index contributed by atoms with van der Waals surface area (Å²) in [6.45, 7) is 3.08. The first-order chi connectivity index (χ1) is 17.8. The Morgan fingerprint density at radius 2 is 1.92 bits per heavy atom. The molecule has 1 aromatic carbocycles. The van der Waals surface area contributed by atoms with Gasteiger partial charge in [-0.05, 0) is 48.9 Å². The number of carbonyl (C=O) groups excluding carboxylic acids is 3. The molecule has 4 N–H and O–H groups in total. The lowest BCUT2D eigenvalue weighted by atomic mass is 10.00. The Morgan fingerprint density at radius 1 is 1.19 bits per heavy atom. The molecule has 10 heteroatoms. The van der Waals surface area contributed by atoms with Crippen molar-refractivity contribution < 1.29 is 14.4 Å². The number of likely N-dealkylation sites (tertiary alicyclic amines) is 1. The lowest BCUT2D eigenvalue weighted by Crippen LogP contribution is -2.36. The molecule has 1 aliphatic heterocycles. The molecule has 2 atom stereocenters. The van der Waals surface area contributed by atoms with E-state index in [0.717, 1.165) is 17.5 Å². The highest BCUT2D eigenvalue weighted by atomic mass is 16.2. The van der Waals surface area contributed by atoms with E-state index >= 15 is 0 Å². The number of nitrogens with zero attached hydrogens (tertiary/aromatic N) is 4. The van der Waals surface area contributed by atoms with Gasteiger partial charge in [0.2, 0.25) is 5.91 Å². The summed E-state index contributed by atoms with van der Waals surface area (Å²) in [5.74, 6) is -0.711. The van der Waals surface area contributed by atoms with Crippen molar-refractivity contribution >= 4 is 28.9 Å². The summed E-state index contributed by atoms with van der Waals surface area (Å²) >= 11 is 0. The third-order valence-corrected chi connectivity index (χ3v) is 7.57. The zero-order chi connectivity index (χ0) is 26.3. The number of nitriles is 1. The van der Waals surface area contributed by atoms with Gasteiger partial charge >= 0.3 is 0 Å². The molecule has 3 aromatic rings. The molecular formula is C27H29N7O3. The maximum Gasteiger partial charge on any atom is 0.252 e. The van der Waals surface area contributed by atoms with Crippen molar-refractivity contribution in [1.29, 1.82) is 5.26 Å². The third-order valence-electron chi connectivity index (χ3n) is 7.57. The van der Waals surface area contributed by atoms with Gasteiger partial charge in [0.15, 0.2) is 0 Å². The normalized spacial score (nSPS) is 19.9. The van der Waals surface area contributed by atoms with Crippen LogP contribution in [-0.4, -0.2) is 58.4 Å². The van der Waals surface area contributed by atoms with Gasteiger partial charge in [-0.25, -0.2) is 4.52 Å². The summed E-state index contributed by atoms with van der Waals surface area (Å²) in [6, 6.07) is 11.2. The first-order valence-electron chi connectivity index (χ1n) is 12.4. The summed E-state index contributed by atoms with van der Waals surface area (Å²) in [5, 5.41) is 20.0. The van der Waals surface area contributed by atoms with Crippen LogP contribution < -0.4 is 16.4 Å². The fraction of sp³-hybridized carbons (Fsp3) is 0.370. The third kappa shape index (κ3) is 4.27. The van der Waals surface area contributed by atoms with Crippen molar-refractivity contribution in [3.05, 3.63) is 53.9 Å². The van der Waals surface area contributed by atoms with E-state index in [2.05, 4.69) is 28.7 Å². The Balaban J connectivity index is 1.48. The maximum absolute atomic E-state index is 13.0. The highest BCUT2D eigenvalue weighted by Crippen LogP contribution is 2.47. The maximum atomic E-state index is 13.0. The van der Waals surface area contributed by atoms with Gasteiger partial charge in [-0.15, -0.1) is 0 Å². The number of benzene rings is 1. The second-order valence-corrected chi connectivity index (χ2v) is 9.84. The van der Waals surface area contributed by atoms with Gasteiger partial charge in [0.05, 0.1) is 29.0 Å². The number of hydrogen-bond donors (Lipinski definition) is 3. The molecule has 0 radical (unpaired) electrons. The largest absolute Gasteiger partial charge is 0.378 e. The minimum atomic E-state index is -0.862. The van der Waals surface area contributed by atoms with Crippen molar-refractivity contribution in [2.75, 3.05) is 25.5 Å². The Bertz CT molecular complexity index is 1430. The number of hydrogen-bond acceptors (Lipinski definition) is 6. The van der Waals surface area contributed by atoms with Crippen LogP contribution in [0.1, 0.15) is 46.9 Å². The van der Waals surface area contributed by atoms with E-state index in [4.69, 9.17) is 5.73 Å². The first-order valence-corrected chi connectivity index (χ1v) is 12.4. The number of fused-ring (bicyclic) bond motifs is 1. The minimum Gasteiger partial charge on any atom is -0.378 e. The predicted molar refractivity (Wildman–Crippen MR) is 138 cm³/mol. The van der Waals surface area contributed by atoms with Crippen molar-refractivity contribution in [1.82, 2.24) is 19.8 Å². The molecule has 1 saturated carbocycles. The zero-order valence-corrected chi connectivity index (χ0v) is 20.8. The van der Waals surface area contributed by atoms with Crippen LogP contribution in [-0.2, 0) is 4.79 Å². The molecule has 5 rings (SSSR count). The van der Waals surface area contributed by atoms with Crippen LogP contribution in [0.4, 0.5) is 5.69 Å². The Kier molecular flexibility index (Phi) is 6.07. The van der Waals surface area contributed by atoms with E-state index < -0.39 is 11.3 Å². The molecule has 0 spiro atoms. The van der Waals surface area contributed by atoms with E-state index in [1.807, 2.05) is 24.4 Å². The van der Waals surface area contributed by atoms with E-state index in [9.17, 15) is 19.6 Å². The molecule has 0 bridgehead atoms. The molecule has 3 heterocycles. The SMILES string of the molecule is CC[C@H]1CN(C(=O)C2(C#N)CC2)C[C@H]1Nc1c(C(N)=O)cnn2cc(-c3ccc(C(=O)NC)cc3)cc12. The summed E-state index contributed by atoms with van der Waals surface area (Å²) in [6.07, 6.45) is 5.36. The number of carbonyl (C=O) groups is 3. The van der Waals surface area contributed by atoms with Crippen LogP contribution in [0.3, 0.4) is 0 Å². The zero-order valence-electron chi connectivity index (χ0n) is 20.8. The van der Waals surface area contributed by atoms with Gasteiger partial charge < -0.3 is 21.3 Å². The molecule has 2 aliphatic rings. The number of nitrogens with two attached hydrogens (primary N) is 1. The van der Waals surface area contributed by atoms with Crippen molar-refractivity contribution in [3.8, 4) is 17.2 Å². The predicted octanol–water partition coefficient (Wildman–Crippen LogP) is 2.41. The van der Waals surface area contributed by atoms with Gasteiger partial charge in [0.25, 0.3) is 11.8 Å². The molecule has 0 unspecified atom stereocenters. The Labute approximate surface area is 214 Å². The average molecular weight is 500 g/mol. The standard InChI is InChI=1S/C27H29N7O3/c1-3-16-12-33(26(37)27(15-28)8-9-27)14-21(16)32-23-20(24(29)35)11-31-34-13-19(10-22(23)34)17-4-6-18(7-5-17)25(36)30-2/h4-7,10-11,13,16,21,32H,3,8-9,12,14H2,1-2H3,(H2,29,35)(H,30,36)/t16-,21+/m0/s1. The molecule has 2 aromatic heterocycles. The number of anilines is 1. The molecule has 1 saturated heterocycles. The molecule has 2 fully saturated rings. The molecule has 10 nitrogen and oxygen atoms in total. The first kappa shape index (κ1) is 24.3. The monoisotopic (exact) mass is 499 g/mol. The van der Waals surface area contributed by atoms with E-state index in [1.54, 1.807) is 28.6 Å². The lowest BCUT2D eigenvalue weighted by molar-refractivity contribution is -0.134. The topological polar surface area (TPSA) is 146 Å². The quantitative estimate of drug-likeness (QED) is 0.455. The minimum absolute atomic E-state index is 0.0991. The Morgan fingerprint density at radius 3 is 2.51 bits per heavy atom. The van der Waals surface area contributed by atoms with Crippen LogP contribution >= 0.6 is 0 Å². The lowest BCUT2D eigenvalue weighted by Gasteiger charge is -2.22. The molecule has 37 heavy (non-hydrogen) atoms. The van der Waals surface area contributed by atoms with Gasteiger partial charge in [-0.3, -0.25) is 14.4 Å². The highest BCUT2D eigenvalue weighted by molar-refractivity contribution is 6.02.